The molecule has 0 aromatic carbocycles. The number of hydrogen-bond acceptors (Lipinski definition) is 8. The van der Waals surface area contributed by atoms with Crippen LogP contribution in [0.4, 0.5) is 0 Å². The average Bonchev–Trinajstić information content (AvgIpc) is 3.34. The molecule has 2 aromatic heterocycles. The van der Waals surface area contributed by atoms with E-state index in [1.165, 1.54) is 11.3 Å². The molecule has 0 saturated carbocycles. The smallest absolute Gasteiger partial charge is 0.338 e. The number of aliphatic imine (C=N–C) groups is 1. The third-order valence-corrected chi connectivity index (χ3v) is 5.61. The Morgan fingerprint density at radius 3 is 2.88 bits per heavy atom. The molecule has 0 aliphatic carbocycles. The SMILES string of the molecule is CCOC(=O)C1=C2CCCN2C(c2nccs2)=NC1c1nccs1. The van der Waals surface area contributed by atoms with Gasteiger partial charge in [0.15, 0.2) is 10.8 Å². The Kier molecular flexibility index (Phi) is 4.15. The van der Waals surface area contributed by atoms with Gasteiger partial charge in [0.1, 0.15) is 11.0 Å². The van der Waals surface area contributed by atoms with Crippen LogP contribution in [0.5, 0.6) is 0 Å². The molecule has 0 amide bonds. The van der Waals surface area contributed by atoms with E-state index in [1.54, 1.807) is 23.7 Å². The Bertz CT molecular complexity index is 796. The van der Waals surface area contributed by atoms with Gasteiger partial charge >= 0.3 is 5.97 Å². The number of carbonyl (C=O) groups excluding carboxylic acids is 1. The van der Waals surface area contributed by atoms with Gasteiger partial charge in [-0.2, -0.15) is 0 Å². The Balaban J connectivity index is 1.85. The lowest BCUT2D eigenvalue weighted by atomic mass is 10.0. The molecule has 8 heteroatoms. The van der Waals surface area contributed by atoms with Gasteiger partial charge in [-0.3, -0.25) is 0 Å². The Morgan fingerprint density at radius 2 is 2.17 bits per heavy atom. The summed E-state index contributed by atoms with van der Waals surface area (Å²) in [6.45, 7) is 3.02. The second-order valence-electron chi connectivity index (χ2n) is 5.40. The number of hydrogen-bond donors (Lipinski definition) is 0. The van der Waals surface area contributed by atoms with Gasteiger partial charge in [0.25, 0.3) is 0 Å². The topological polar surface area (TPSA) is 67.7 Å². The minimum Gasteiger partial charge on any atom is -0.463 e. The minimum absolute atomic E-state index is 0.290. The standard InChI is InChI=1S/C16H16N4O2S2/c1-2-22-16(21)11-10-4-3-7-20(10)13(15-18-6-9-24-15)19-12(11)14-17-5-8-23-14/h5-6,8-9,12H,2-4,7H2,1H3. The van der Waals surface area contributed by atoms with Gasteiger partial charge in [-0.1, -0.05) is 0 Å². The van der Waals surface area contributed by atoms with E-state index in [-0.39, 0.29) is 5.97 Å². The molecule has 4 heterocycles. The van der Waals surface area contributed by atoms with E-state index in [0.29, 0.717) is 12.2 Å². The van der Waals surface area contributed by atoms with Crippen LogP contribution in [0.1, 0.15) is 35.8 Å². The minimum atomic E-state index is -0.410. The first-order chi connectivity index (χ1) is 11.8. The largest absolute Gasteiger partial charge is 0.463 e. The van der Waals surface area contributed by atoms with Crippen LogP contribution in [0.25, 0.3) is 0 Å². The number of esters is 1. The second-order valence-corrected chi connectivity index (χ2v) is 7.22. The number of aromatic nitrogens is 2. The molecule has 4 rings (SSSR count). The summed E-state index contributed by atoms with van der Waals surface area (Å²) in [5, 5.41) is 5.53. The average molecular weight is 360 g/mol. The normalized spacial score (nSPS) is 20.1. The molecule has 1 atom stereocenters. The van der Waals surface area contributed by atoms with Crippen molar-refractivity contribution in [2.45, 2.75) is 25.8 Å². The number of fused-ring (bicyclic) bond motifs is 1. The van der Waals surface area contributed by atoms with Crippen LogP contribution < -0.4 is 0 Å². The summed E-state index contributed by atoms with van der Waals surface area (Å²) >= 11 is 3.06. The maximum atomic E-state index is 12.6. The van der Waals surface area contributed by atoms with Crippen molar-refractivity contribution < 1.29 is 9.53 Å². The molecule has 1 fully saturated rings. The van der Waals surface area contributed by atoms with Crippen LogP contribution in [0.15, 0.2) is 39.4 Å². The van der Waals surface area contributed by atoms with Gasteiger partial charge in [0.2, 0.25) is 0 Å². The summed E-state index contributed by atoms with van der Waals surface area (Å²) in [4.78, 5) is 28.4. The van der Waals surface area contributed by atoms with E-state index in [2.05, 4.69) is 14.9 Å². The zero-order chi connectivity index (χ0) is 16.5. The number of allylic oxidation sites excluding steroid dienone is 1. The Morgan fingerprint density at radius 1 is 1.33 bits per heavy atom. The highest BCUT2D eigenvalue weighted by molar-refractivity contribution is 7.11. The molecule has 6 nitrogen and oxygen atoms in total. The van der Waals surface area contributed by atoms with Crippen LogP contribution in [-0.2, 0) is 9.53 Å². The number of ether oxygens (including phenoxy) is 1. The fourth-order valence-electron chi connectivity index (χ4n) is 3.09. The van der Waals surface area contributed by atoms with Crippen LogP contribution in [-0.4, -0.2) is 39.8 Å². The van der Waals surface area contributed by atoms with E-state index in [9.17, 15) is 4.79 Å². The maximum Gasteiger partial charge on any atom is 0.338 e. The molecule has 24 heavy (non-hydrogen) atoms. The first-order valence-corrected chi connectivity index (χ1v) is 9.60. The maximum absolute atomic E-state index is 12.6. The molecule has 0 N–H and O–H groups in total. The summed E-state index contributed by atoms with van der Waals surface area (Å²) in [6, 6.07) is -0.410. The van der Waals surface area contributed by atoms with E-state index in [1.807, 2.05) is 17.7 Å². The summed E-state index contributed by atoms with van der Waals surface area (Å²) in [5.74, 6) is 0.548. The van der Waals surface area contributed by atoms with Crippen LogP contribution >= 0.6 is 22.7 Å². The summed E-state index contributed by atoms with van der Waals surface area (Å²) in [7, 11) is 0. The number of rotatable bonds is 4. The van der Waals surface area contributed by atoms with Gasteiger partial charge in [-0.05, 0) is 19.8 Å². The molecule has 2 aliphatic rings. The van der Waals surface area contributed by atoms with Crippen LogP contribution in [0.3, 0.4) is 0 Å². The third-order valence-electron chi connectivity index (χ3n) is 4.02. The molecular formula is C16H16N4O2S2. The monoisotopic (exact) mass is 360 g/mol. The van der Waals surface area contributed by atoms with Crippen molar-refractivity contribution in [3.05, 3.63) is 44.4 Å². The molecule has 1 unspecified atom stereocenters. The lowest BCUT2D eigenvalue weighted by molar-refractivity contribution is -0.139. The van der Waals surface area contributed by atoms with E-state index < -0.39 is 6.04 Å². The molecular weight excluding hydrogens is 344 g/mol. The molecule has 2 aromatic rings. The van der Waals surface area contributed by atoms with Gasteiger partial charge in [0, 0.05) is 35.4 Å². The molecule has 0 radical (unpaired) electrons. The van der Waals surface area contributed by atoms with Crippen molar-refractivity contribution in [2.75, 3.05) is 13.2 Å². The van der Waals surface area contributed by atoms with Gasteiger partial charge in [0.05, 0.1) is 12.2 Å². The van der Waals surface area contributed by atoms with Crippen molar-refractivity contribution in [1.82, 2.24) is 14.9 Å². The zero-order valence-corrected chi connectivity index (χ0v) is 14.8. The van der Waals surface area contributed by atoms with Crippen molar-refractivity contribution >= 4 is 34.5 Å². The predicted molar refractivity (Wildman–Crippen MR) is 93.1 cm³/mol. The second kappa shape index (κ2) is 6.45. The van der Waals surface area contributed by atoms with Crippen LogP contribution in [0, 0.1) is 0 Å². The molecule has 2 aliphatic heterocycles. The first kappa shape index (κ1) is 15.5. The highest BCUT2D eigenvalue weighted by atomic mass is 32.1. The van der Waals surface area contributed by atoms with Gasteiger partial charge < -0.3 is 9.64 Å². The zero-order valence-electron chi connectivity index (χ0n) is 13.1. The number of nitrogens with zero attached hydrogens (tertiary/aromatic N) is 4. The third kappa shape index (κ3) is 2.55. The number of carbonyl (C=O) groups is 1. The number of amidine groups is 1. The molecule has 124 valence electrons. The lowest BCUT2D eigenvalue weighted by Gasteiger charge is -2.30. The fraction of sp³-hybridized carbons (Fsp3) is 0.375. The summed E-state index contributed by atoms with van der Waals surface area (Å²) in [5.41, 5.74) is 1.64. The molecule has 0 spiro atoms. The van der Waals surface area contributed by atoms with Crippen molar-refractivity contribution in [1.29, 1.82) is 0 Å². The summed E-state index contributed by atoms with van der Waals surface area (Å²) in [6.07, 6.45) is 5.36. The fourth-order valence-corrected chi connectivity index (χ4v) is 4.42. The molecule has 1 saturated heterocycles. The van der Waals surface area contributed by atoms with Gasteiger partial charge in [-0.25, -0.2) is 19.8 Å². The summed E-state index contributed by atoms with van der Waals surface area (Å²) < 4.78 is 5.31. The molecule has 0 bridgehead atoms. The number of thiazole rings is 2. The van der Waals surface area contributed by atoms with E-state index in [0.717, 1.165) is 40.9 Å². The lowest BCUT2D eigenvalue weighted by Crippen LogP contribution is -2.35. The van der Waals surface area contributed by atoms with Gasteiger partial charge in [-0.15, -0.1) is 22.7 Å². The van der Waals surface area contributed by atoms with E-state index >= 15 is 0 Å². The van der Waals surface area contributed by atoms with Crippen LogP contribution in [0.2, 0.25) is 0 Å². The van der Waals surface area contributed by atoms with Crippen molar-refractivity contribution in [3.8, 4) is 0 Å². The quantitative estimate of drug-likeness (QED) is 0.784. The van der Waals surface area contributed by atoms with E-state index in [4.69, 9.17) is 9.73 Å². The predicted octanol–water partition coefficient (Wildman–Crippen LogP) is 3.01. The highest BCUT2D eigenvalue weighted by Gasteiger charge is 2.39. The van der Waals surface area contributed by atoms with Crippen molar-refractivity contribution in [2.24, 2.45) is 4.99 Å². The Hall–Kier alpha value is -2.06. The first-order valence-electron chi connectivity index (χ1n) is 7.84. The highest BCUT2D eigenvalue weighted by Crippen LogP contribution is 2.40. The van der Waals surface area contributed by atoms with Crippen molar-refractivity contribution in [3.63, 3.8) is 0 Å². The Labute approximate surface area is 147 Å².